The molecule has 0 saturated carbocycles. The van der Waals surface area contributed by atoms with Gasteiger partial charge in [-0.2, -0.15) is 5.10 Å². The van der Waals surface area contributed by atoms with Crippen molar-refractivity contribution in [1.82, 2.24) is 20.5 Å². The average molecular weight is 354 g/mol. The van der Waals surface area contributed by atoms with Gasteiger partial charge in [0.05, 0.1) is 24.9 Å². The number of fused-ring (bicyclic) bond motifs is 1. The molecule has 138 valence electrons. The van der Waals surface area contributed by atoms with E-state index in [1.807, 2.05) is 24.5 Å². The Labute approximate surface area is 153 Å². The third-order valence-corrected chi connectivity index (χ3v) is 5.52. The quantitative estimate of drug-likeness (QED) is 0.831. The topological polar surface area (TPSA) is 79.9 Å². The molecule has 0 bridgehead atoms. The number of pyridine rings is 1. The number of rotatable bonds is 6. The van der Waals surface area contributed by atoms with Crippen LogP contribution in [0.2, 0.25) is 0 Å². The normalized spacial score (nSPS) is 22.2. The number of carbonyl (C=O) groups excluding carboxylic acids is 1. The molecule has 0 radical (unpaired) electrons. The zero-order chi connectivity index (χ0) is 17.8. The maximum absolute atomic E-state index is 12.4. The van der Waals surface area contributed by atoms with Crippen molar-refractivity contribution < 1.29 is 9.53 Å². The molecule has 2 aliphatic rings. The van der Waals surface area contributed by atoms with Gasteiger partial charge in [-0.15, -0.1) is 0 Å². The highest BCUT2D eigenvalue weighted by atomic mass is 16.5. The lowest BCUT2D eigenvalue weighted by Crippen LogP contribution is -2.40. The molecule has 6 heteroatoms. The van der Waals surface area contributed by atoms with E-state index in [2.05, 4.69) is 20.5 Å². The van der Waals surface area contributed by atoms with Crippen LogP contribution in [0.25, 0.3) is 0 Å². The summed E-state index contributed by atoms with van der Waals surface area (Å²) in [6.45, 7) is 1.29. The first-order valence-electron chi connectivity index (χ1n) is 9.60. The average Bonchev–Trinajstić information content (AvgIpc) is 3.28. The molecule has 0 spiro atoms. The first-order chi connectivity index (χ1) is 12.8. The predicted octanol–water partition coefficient (Wildman–Crippen LogP) is 1.99. The molecular weight excluding hydrogens is 328 g/mol. The number of aromatic nitrogens is 3. The number of nitrogens with zero attached hydrogens (tertiary/aromatic N) is 2. The maximum Gasteiger partial charge on any atom is 0.220 e. The van der Waals surface area contributed by atoms with Gasteiger partial charge in [-0.1, -0.05) is 0 Å². The number of aryl methyl sites for hydroxylation is 2. The Morgan fingerprint density at radius 1 is 1.23 bits per heavy atom. The maximum atomic E-state index is 12.4. The lowest BCUT2D eigenvalue weighted by Gasteiger charge is -2.19. The minimum Gasteiger partial charge on any atom is -0.379 e. The third-order valence-electron chi connectivity index (χ3n) is 5.52. The van der Waals surface area contributed by atoms with Gasteiger partial charge in [-0.3, -0.25) is 14.9 Å². The van der Waals surface area contributed by atoms with Crippen molar-refractivity contribution in [1.29, 1.82) is 0 Å². The molecule has 4 rings (SSSR count). The fraction of sp³-hybridized carbons (Fsp3) is 0.550. The van der Waals surface area contributed by atoms with E-state index in [4.69, 9.17) is 4.74 Å². The van der Waals surface area contributed by atoms with Crippen molar-refractivity contribution in [2.24, 2.45) is 5.92 Å². The van der Waals surface area contributed by atoms with Crippen molar-refractivity contribution >= 4 is 5.91 Å². The number of hydrogen-bond donors (Lipinski definition) is 2. The second-order valence-electron chi connectivity index (χ2n) is 7.37. The summed E-state index contributed by atoms with van der Waals surface area (Å²) in [5, 5.41) is 10.8. The van der Waals surface area contributed by atoms with Crippen molar-refractivity contribution in [3.05, 3.63) is 47.0 Å². The van der Waals surface area contributed by atoms with Gasteiger partial charge in [0.15, 0.2) is 0 Å². The smallest absolute Gasteiger partial charge is 0.220 e. The second kappa shape index (κ2) is 7.99. The molecule has 1 saturated heterocycles. The van der Waals surface area contributed by atoms with E-state index in [1.165, 1.54) is 29.7 Å². The summed E-state index contributed by atoms with van der Waals surface area (Å²) in [7, 11) is 0. The Morgan fingerprint density at radius 3 is 2.96 bits per heavy atom. The summed E-state index contributed by atoms with van der Waals surface area (Å²) in [5.74, 6) is 0.410. The number of aromatic amines is 1. The minimum absolute atomic E-state index is 0.0868. The SMILES string of the molecule is O=C(CCc1n[nH]c2c1CCCC2)N[C@H]1COC[C@H]1Cc1ccncc1. The Balaban J connectivity index is 1.29. The zero-order valence-corrected chi connectivity index (χ0v) is 15.0. The molecule has 2 aromatic heterocycles. The van der Waals surface area contributed by atoms with Crippen LogP contribution in [0, 0.1) is 5.92 Å². The fourth-order valence-electron chi connectivity index (χ4n) is 4.05. The van der Waals surface area contributed by atoms with Crippen LogP contribution in [0.5, 0.6) is 0 Å². The highest BCUT2D eigenvalue weighted by molar-refractivity contribution is 5.76. The van der Waals surface area contributed by atoms with Crippen LogP contribution in [0.1, 0.15) is 41.8 Å². The van der Waals surface area contributed by atoms with Gasteiger partial charge in [0.25, 0.3) is 0 Å². The molecule has 1 aliphatic carbocycles. The van der Waals surface area contributed by atoms with E-state index in [1.54, 1.807) is 0 Å². The van der Waals surface area contributed by atoms with Gasteiger partial charge in [-0.25, -0.2) is 0 Å². The Bertz CT molecular complexity index is 744. The van der Waals surface area contributed by atoms with E-state index in [-0.39, 0.29) is 11.9 Å². The molecule has 1 amide bonds. The summed E-state index contributed by atoms with van der Waals surface area (Å²) in [4.78, 5) is 16.5. The van der Waals surface area contributed by atoms with Crippen molar-refractivity contribution in [2.45, 2.75) is 51.0 Å². The van der Waals surface area contributed by atoms with Crippen LogP contribution in [0.15, 0.2) is 24.5 Å². The summed E-state index contributed by atoms with van der Waals surface area (Å²) in [6.07, 6.45) is 10.3. The fourth-order valence-corrected chi connectivity index (χ4v) is 4.05. The molecule has 2 atom stereocenters. The Morgan fingerprint density at radius 2 is 2.08 bits per heavy atom. The molecule has 2 N–H and O–H groups in total. The first-order valence-corrected chi connectivity index (χ1v) is 9.60. The van der Waals surface area contributed by atoms with Gasteiger partial charge in [0.1, 0.15) is 0 Å². The summed E-state index contributed by atoms with van der Waals surface area (Å²) >= 11 is 0. The highest BCUT2D eigenvalue weighted by Gasteiger charge is 2.29. The number of nitrogens with one attached hydrogen (secondary N) is 2. The summed E-state index contributed by atoms with van der Waals surface area (Å²) in [5.41, 5.74) is 4.93. The molecule has 0 unspecified atom stereocenters. The van der Waals surface area contributed by atoms with E-state index in [9.17, 15) is 4.79 Å². The van der Waals surface area contributed by atoms with Gasteiger partial charge in [-0.05, 0) is 55.4 Å². The summed E-state index contributed by atoms with van der Waals surface area (Å²) in [6, 6.07) is 4.14. The Kier molecular flexibility index (Phi) is 5.29. The number of carbonyl (C=O) groups is 1. The molecule has 2 aromatic rings. The molecular formula is C20H26N4O2. The third kappa shape index (κ3) is 3.96. The predicted molar refractivity (Wildman–Crippen MR) is 97.7 cm³/mol. The number of amides is 1. The number of hydrogen-bond acceptors (Lipinski definition) is 4. The van der Waals surface area contributed by atoms with Gasteiger partial charge in [0, 0.05) is 36.8 Å². The number of H-pyrrole nitrogens is 1. The monoisotopic (exact) mass is 354 g/mol. The van der Waals surface area contributed by atoms with Gasteiger partial charge in [0.2, 0.25) is 5.91 Å². The molecule has 0 aromatic carbocycles. The van der Waals surface area contributed by atoms with Crippen molar-refractivity contribution in [3.8, 4) is 0 Å². The van der Waals surface area contributed by atoms with E-state index in [0.29, 0.717) is 32.0 Å². The minimum atomic E-state index is 0.0868. The van der Waals surface area contributed by atoms with Crippen LogP contribution < -0.4 is 5.32 Å². The van der Waals surface area contributed by atoms with Crippen LogP contribution in [0.4, 0.5) is 0 Å². The van der Waals surface area contributed by atoms with Crippen LogP contribution in [-0.4, -0.2) is 40.3 Å². The second-order valence-corrected chi connectivity index (χ2v) is 7.37. The first kappa shape index (κ1) is 17.2. The standard InChI is InChI=1S/C20H26N4O2/c25-20(6-5-18-16-3-1-2-4-17(16)23-24-18)22-19-13-26-12-15(19)11-14-7-9-21-10-8-14/h7-10,15,19H,1-6,11-13H2,(H,22,25)(H,23,24)/t15-,19+/m1/s1. The van der Waals surface area contributed by atoms with Gasteiger partial charge >= 0.3 is 0 Å². The van der Waals surface area contributed by atoms with Crippen molar-refractivity contribution in [2.75, 3.05) is 13.2 Å². The van der Waals surface area contributed by atoms with Crippen molar-refractivity contribution in [3.63, 3.8) is 0 Å². The lowest BCUT2D eigenvalue weighted by atomic mass is 9.94. The number of ether oxygens (including phenoxy) is 1. The summed E-state index contributed by atoms with van der Waals surface area (Å²) < 4.78 is 5.62. The molecule has 1 aliphatic heterocycles. The lowest BCUT2D eigenvalue weighted by molar-refractivity contribution is -0.122. The molecule has 6 nitrogen and oxygen atoms in total. The zero-order valence-electron chi connectivity index (χ0n) is 15.0. The van der Waals surface area contributed by atoms with Crippen LogP contribution in [0.3, 0.4) is 0 Å². The van der Waals surface area contributed by atoms with Crippen LogP contribution >= 0.6 is 0 Å². The highest BCUT2D eigenvalue weighted by Crippen LogP contribution is 2.23. The molecule has 3 heterocycles. The molecule has 26 heavy (non-hydrogen) atoms. The molecule has 1 fully saturated rings. The van der Waals surface area contributed by atoms with Gasteiger partial charge < -0.3 is 10.1 Å². The Hall–Kier alpha value is -2.21. The van der Waals surface area contributed by atoms with E-state index >= 15 is 0 Å². The van der Waals surface area contributed by atoms with E-state index < -0.39 is 0 Å². The van der Waals surface area contributed by atoms with Crippen LogP contribution in [-0.2, 0) is 35.2 Å². The van der Waals surface area contributed by atoms with E-state index in [0.717, 1.165) is 25.0 Å². The largest absolute Gasteiger partial charge is 0.379 e.